The molecule has 0 heterocycles. The van der Waals surface area contributed by atoms with Gasteiger partial charge in [-0.15, -0.1) is 0 Å². The molecule has 0 bridgehead atoms. The highest BCUT2D eigenvalue weighted by molar-refractivity contribution is 7.47. The third-order valence-electron chi connectivity index (χ3n) is 10.6. The van der Waals surface area contributed by atoms with E-state index in [0.29, 0.717) is 17.4 Å². The van der Waals surface area contributed by atoms with Gasteiger partial charge in [0.2, 0.25) is 5.91 Å². The standard InChI is InChI=1S/C48H93N2O6P/c1-6-8-10-12-14-16-18-20-22-23-24-25-26-28-29-31-33-35-37-39-41-47(51)46(45-56-57(53,54)55-44-43-50(3,4)5)49-48(52)42-40-38-36-34-32-30-27-21-19-17-15-13-11-9-7-2/h15,17,19,21,39,41,46-47,51H,6-14,16,18,20,22-38,40,42-45H2,1-5H3,(H-,49,52,53,54)/p+1/b17-15-,21-19-,41-39+. The molecule has 0 aliphatic heterocycles. The van der Waals surface area contributed by atoms with E-state index in [2.05, 4.69) is 43.5 Å². The topological polar surface area (TPSA) is 105 Å². The fourth-order valence-electron chi connectivity index (χ4n) is 6.80. The first-order chi connectivity index (χ1) is 27.5. The highest BCUT2D eigenvalue weighted by atomic mass is 31.2. The minimum Gasteiger partial charge on any atom is -0.387 e. The summed E-state index contributed by atoms with van der Waals surface area (Å²) in [4.78, 5) is 23.1. The van der Waals surface area contributed by atoms with E-state index in [1.54, 1.807) is 6.08 Å². The smallest absolute Gasteiger partial charge is 0.387 e. The van der Waals surface area contributed by atoms with E-state index in [4.69, 9.17) is 9.05 Å². The Morgan fingerprint density at radius 3 is 1.44 bits per heavy atom. The molecular formula is C48H94N2O6P+. The van der Waals surface area contributed by atoms with Crippen molar-refractivity contribution in [2.45, 2.75) is 225 Å². The average Bonchev–Trinajstić information content (AvgIpc) is 3.16. The van der Waals surface area contributed by atoms with E-state index >= 15 is 0 Å². The number of rotatable bonds is 43. The predicted molar refractivity (Wildman–Crippen MR) is 244 cm³/mol. The molecule has 0 fully saturated rings. The van der Waals surface area contributed by atoms with Gasteiger partial charge in [0.1, 0.15) is 13.2 Å². The van der Waals surface area contributed by atoms with Crippen LogP contribution in [0.5, 0.6) is 0 Å². The number of nitrogens with zero attached hydrogens (tertiary/aromatic N) is 1. The highest BCUT2D eigenvalue weighted by Crippen LogP contribution is 2.43. The number of likely N-dealkylation sites (N-methyl/N-ethyl adjacent to an activating group) is 1. The molecule has 1 amide bonds. The third kappa shape index (κ3) is 42.6. The lowest BCUT2D eigenvalue weighted by Crippen LogP contribution is -2.45. The van der Waals surface area contributed by atoms with Gasteiger partial charge < -0.3 is 19.8 Å². The van der Waals surface area contributed by atoms with Crippen LogP contribution in [-0.2, 0) is 18.4 Å². The van der Waals surface area contributed by atoms with Crippen molar-refractivity contribution in [1.29, 1.82) is 0 Å². The number of aliphatic hydroxyl groups is 1. The molecule has 0 aromatic rings. The highest BCUT2D eigenvalue weighted by Gasteiger charge is 2.27. The second-order valence-corrected chi connectivity index (χ2v) is 19.0. The molecule has 3 N–H and O–H groups in total. The first-order valence-electron chi connectivity index (χ1n) is 23.9. The van der Waals surface area contributed by atoms with Crippen molar-refractivity contribution in [2.75, 3.05) is 40.9 Å². The van der Waals surface area contributed by atoms with Gasteiger partial charge in [0.15, 0.2) is 0 Å². The summed E-state index contributed by atoms with van der Waals surface area (Å²) in [5.41, 5.74) is 0. The van der Waals surface area contributed by atoms with Crippen molar-refractivity contribution in [3.8, 4) is 0 Å². The van der Waals surface area contributed by atoms with Gasteiger partial charge in [-0.05, 0) is 44.9 Å². The van der Waals surface area contributed by atoms with Crippen LogP contribution in [0.2, 0.25) is 0 Å². The summed E-state index contributed by atoms with van der Waals surface area (Å²) in [6.07, 6.45) is 49.3. The van der Waals surface area contributed by atoms with Crippen LogP contribution in [0.15, 0.2) is 36.5 Å². The van der Waals surface area contributed by atoms with Crippen molar-refractivity contribution in [2.24, 2.45) is 0 Å². The monoisotopic (exact) mass is 826 g/mol. The zero-order valence-electron chi connectivity index (χ0n) is 38.1. The fraction of sp³-hybridized carbons (Fsp3) is 0.854. The SMILES string of the molecule is CCCCC/C=C\C=C/CCCCCCCCC(=O)NC(COP(=O)(O)OCC[N+](C)(C)C)C(O)/C=C/CCCCCCCCCCCCCCCCCCCC. The summed E-state index contributed by atoms with van der Waals surface area (Å²) < 4.78 is 23.6. The number of hydrogen-bond acceptors (Lipinski definition) is 5. The molecule has 0 aromatic carbocycles. The Balaban J connectivity index is 4.38. The van der Waals surface area contributed by atoms with Gasteiger partial charge >= 0.3 is 7.82 Å². The minimum atomic E-state index is -4.34. The van der Waals surface area contributed by atoms with E-state index in [9.17, 15) is 19.4 Å². The van der Waals surface area contributed by atoms with Gasteiger partial charge in [0.25, 0.3) is 0 Å². The van der Waals surface area contributed by atoms with Gasteiger partial charge in [0.05, 0.1) is 39.9 Å². The third-order valence-corrected chi connectivity index (χ3v) is 11.6. The number of carbonyl (C=O) groups excluding carboxylic acids is 1. The second kappa shape index (κ2) is 40.1. The molecule has 336 valence electrons. The molecule has 0 rings (SSSR count). The number of amides is 1. The van der Waals surface area contributed by atoms with Crippen molar-refractivity contribution < 1.29 is 32.9 Å². The number of aliphatic hydroxyl groups excluding tert-OH is 1. The molecule has 0 aliphatic rings. The van der Waals surface area contributed by atoms with E-state index in [0.717, 1.165) is 51.4 Å². The molecule has 0 aromatic heterocycles. The van der Waals surface area contributed by atoms with Crippen molar-refractivity contribution in [1.82, 2.24) is 5.32 Å². The summed E-state index contributed by atoms with van der Waals surface area (Å²) in [5, 5.41) is 13.9. The van der Waals surface area contributed by atoms with Crippen molar-refractivity contribution >= 4 is 13.7 Å². The number of phosphoric ester groups is 1. The van der Waals surface area contributed by atoms with Crippen LogP contribution in [0.3, 0.4) is 0 Å². The number of allylic oxidation sites excluding steroid dienone is 5. The Hall–Kier alpha value is -1.28. The maximum Gasteiger partial charge on any atom is 0.472 e. The zero-order valence-corrected chi connectivity index (χ0v) is 39.0. The lowest BCUT2D eigenvalue weighted by molar-refractivity contribution is -0.870. The number of nitrogens with one attached hydrogen (secondary N) is 1. The van der Waals surface area contributed by atoms with Gasteiger partial charge in [-0.2, -0.15) is 0 Å². The Labute approximate surface area is 353 Å². The van der Waals surface area contributed by atoms with Crippen LogP contribution in [-0.4, -0.2) is 73.4 Å². The fourth-order valence-corrected chi connectivity index (χ4v) is 7.53. The Kier molecular flexibility index (Phi) is 39.2. The van der Waals surface area contributed by atoms with Gasteiger partial charge in [-0.1, -0.05) is 198 Å². The van der Waals surface area contributed by atoms with Gasteiger partial charge in [0, 0.05) is 6.42 Å². The molecule has 3 atom stereocenters. The van der Waals surface area contributed by atoms with Crippen LogP contribution in [0.25, 0.3) is 0 Å². The van der Waals surface area contributed by atoms with Crippen LogP contribution < -0.4 is 5.32 Å². The zero-order chi connectivity index (χ0) is 42.1. The Morgan fingerprint density at radius 1 is 0.596 bits per heavy atom. The Morgan fingerprint density at radius 2 is 0.982 bits per heavy atom. The number of hydrogen-bond donors (Lipinski definition) is 3. The molecular weight excluding hydrogens is 732 g/mol. The molecule has 0 saturated carbocycles. The predicted octanol–water partition coefficient (Wildman–Crippen LogP) is 13.5. The van der Waals surface area contributed by atoms with Crippen LogP contribution in [0.4, 0.5) is 0 Å². The molecule has 57 heavy (non-hydrogen) atoms. The van der Waals surface area contributed by atoms with Crippen molar-refractivity contribution in [3.05, 3.63) is 36.5 Å². The summed E-state index contributed by atoms with van der Waals surface area (Å²) in [6, 6.07) is -0.851. The first kappa shape index (κ1) is 55.7. The minimum absolute atomic E-state index is 0.0589. The van der Waals surface area contributed by atoms with E-state index < -0.39 is 20.0 Å². The number of unbranched alkanes of at least 4 members (excludes halogenated alkanes) is 27. The molecule has 0 saturated heterocycles. The molecule has 0 radical (unpaired) electrons. The van der Waals surface area contributed by atoms with Crippen LogP contribution in [0.1, 0.15) is 213 Å². The van der Waals surface area contributed by atoms with Crippen LogP contribution in [0, 0.1) is 0 Å². The van der Waals surface area contributed by atoms with Crippen LogP contribution >= 0.6 is 7.82 Å². The molecule has 0 aliphatic carbocycles. The molecule has 3 unspecified atom stereocenters. The normalized spacial score (nSPS) is 14.6. The number of carbonyl (C=O) groups is 1. The number of quaternary nitrogens is 1. The maximum absolute atomic E-state index is 12.9. The second-order valence-electron chi connectivity index (χ2n) is 17.5. The lowest BCUT2D eigenvalue weighted by atomic mass is 10.0. The lowest BCUT2D eigenvalue weighted by Gasteiger charge is -2.25. The molecule has 0 spiro atoms. The quantitative estimate of drug-likeness (QED) is 0.0186. The summed E-state index contributed by atoms with van der Waals surface area (Å²) in [6.45, 7) is 4.78. The van der Waals surface area contributed by atoms with Crippen molar-refractivity contribution in [3.63, 3.8) is 0 Å². The van der Waals surface area contributed by atoms with Gasteiger partial charge in [-0.3, -0.25) is 13.8 Å². The average molecular weight is 826 g/mol. The Bertz CT molecular complexity index is 1030. The molecule has 9 heteroatoms. The molecule has 8 nitrogen and oxygen atoms in total. The summed E-state index contributed by atoms with van der Waals surface area (Å²) >= 11 is 0. The van der Waals surface area contributed by atoms with E-state index in [-0.39, 0.29) is 19.1 Å². The first-order valence-corrected chi connectivity index (χ1v) is 25.4. The number of phosphoric acid groups is 1. The largest absolute Gasteiger partial charge is 0.472 e. The van der Waals surface area contributed by atoms with Gasteiger partial charge in [-0.25, -0.2) is 4.57 Å². The summed E-state index contributed by atoms with van der Waals surface area (Å²) in [7, 11) is 1.56. The maximum atomic E-state index is 12.9. The van der Waals surface area contributed by atoms with E-state index in [1.807, 2.05) is 27.2 Å². The van der Waals surface area contributed by atoms with E-state index in [1.165, 1.54) is 141 Å². The summed E-state index contributed by atoms with van der Waals surface area (Å²) in [5.74, 6) is -0.189.